The summed E-state index contributed by atoms with van der Waals surface area (Å²) in [6.07, 6.45) is 8.58. The molecule has 1 saturated heterocycles. The molecule has 1 aliphatic rings. The van der Waals surface area contributed by atoms with E-state index in [9.17, 15) is 8.42 Å². The van der Waals surface area contributed by atoms with Crippen LogP contribution in [0, 0.1) is 0 Å². The Hall–Kier alpha value is -1.99. The van der Waals surface area contributed by atoms with Crippen molar-refractivity contribution >= 4 is 32.0 Å². The van der Waals surface area contributed by atoms with Crippen molar-refractivity contribution in [2.75, 3.05) is 19.3 Å². The van der Waals surface area contributed by atoms with E-state index >= 15 is 0 Å². The molecule has 1 fully saturated rings. The molecule has 4 rings (SSSR count). The van der Waals surface area contributed by atoms with Crippen LogP contribution >= 0.6 is 0 Å². The molecule has 0 saturated carbocycles. The number of aromatic amines is 1. The van der Waals surface area contributed by atoms with Crippen LogP contribution in [0.5, 0.6) is 0 Å². The van der Waals surface area contributed by atoms with Gasteiger partial charge in [-0.3, -0.25) is 4.98 Å². The van der Waals surface area contributed by atoms with Crippen molar-refractivity contribution in [2.45, 2.75) is 18.8 Å². The third-order valence-corrected chi connectivity index (χ3v) is 5.89. The maximum absolute atomic E-state index is 11.9. The van der Waals surface area contributed by atoms with Crippen LogP contribution in [0.3, 0.4) is 0 Å². The van der Waals surface area contributed by atoms with Crippen LogP contribution in [0.25, 0.3) is 21.9 Å². The predicted octanol–water partition coefficient (Wildman–Crippen LogP) is 2.25. The summed E-state index contributed by atoms with van der Waals surface area (Å²) in [5.74, 6) is 0.185. The van der Waals surface area contributed by atoms with Crippen LogP contribution in [-0.4, -0.2) is 47.0 Å². The smallest absolute Gasteiger partial charge is 0.211 e. The summed E-state index contributed by atoms with van der Waals surface area (Å²) in [5, 5.41) is 2.13. The summed E-state index contributed by atoms with van der Waals surface area (Å²) in [5.41, 5.74) is 2.85. The maximum atomic E-state index is 11.9. The van der Waals surface area contributed by atoms with Gasteiger partial charge in [-0.25, -0.2) is 17.7 Å². The van der Waals surface area contributed by atoms with E-state index in [2.05, 4.69) is 15.0 Å². The Balaban J connectivity index is 1.86. The fourth-order valence-electron chi connectivity index (χ4n) is 3.52. The number of H-pyrrole nitrogens is 1. The number of sulfonamides is 1. The molecule has 0 aliphatic carbocycles. The number of aromatic nitrogens is 3. The van der Waals surface area contributed by atoms with Gasteiger partial charge in [0, 0.05) is 36.3 Å². The number of nitrogens with one attached hydrogen (secondary N) is 1. The minimum atomic E-state index is -3.15. The minimum Gasteiger partial charge on any atom is -0.346 e. The van der Waals surface area contributed by atoms with Gasteiger partial charge in [0.2, 0.25) is 10.0 Å². The second-order valence-electron chi connectivity index (χ2n) is 6.12. The monoisotopic (exact) mass is 330 g/mol. The molecular weight excluding hydrogens is 312 g/mol. The van der Waals surface area contributed by atoms with Crippen LogP contribution < -0.4 is 0 Å². The van der Waals surface area contributed by atoms with E-state index in [1.165, 1.54) is 6.26 Å². The second-order valence-corrected chi connectivity index (χ2v) is 8.10. The lowest BCUT2D eigenvalue weighted by atomic mass is 9.89. The van der Waals surface area contributed by atoms with Gasteiger partial charge < -0.3 is 4.98 Å². The first-order valence-corrected chi connectivity index (χ1v) is 9.55. The first kappa shape index (κ1) is 14.6. The topological polar surface area (TPSA) is 79.0 Å². The summed E-state index contributed by atoms with van der Waals surface area (Å²) >= 11 is 0. The van der Waals surface area contributed by atoms with Crippen molar-refractivity contribution in [3.8, 4) is 0 Å². The standard InChI is InChI=1S/C16H18N4O2S/c1-23(21,22)20-8-2-3-11(10-20)12-4-6-17-14-9-19-16-13(15(12)14)5-7-18-16/h4-7,9,11H,2-3,8,10H2,1H3,(H,18,19)/t11-/m0/s1. The van der Waals surface area contributed by atoms with Gasteiger partial charge in [0.05, 0.1) is 18.0 Å². The molecule has 0 spiro atoms. The zero-order chi connectivity index (χ0) is 16.0. The molecule has 0 amide bonds. The quantitative estimate of drug-likeness (QED) is 0.781. The summed E-state index contributed by atoms with van der Waals surface area (Å²) in [7, 11) is -3.15. The highest BCUT2D eigenvalue weighted by molar-refractivity contribution is 7.88. The van der Waals surface area contributed by atoms with Crippen LogP contribution in [-0.2, 0) is 10.0 Å². The molecule has 3 aromatic heterocycles. The zero-order valence-corrected chi connectivity index (χ0v) is 13.7. The van der Waals surface area contributed by atoms with Gasteiger partial charge in [-0.1, -0.05) is 0 Å². The van der Waals surface area contributed by atoms with Crippen molar-refractivity contribution in [1.82, 2.24) is 19.3 Å². The highest BCUT2D eigenvalue weighted by Crippen LogP contribution is 2.34. The molecule has 0 aromatic carbocycles. The lowest BCUT2D eigenvalue weighted by molar-refractivity contribution is 0.318. The van der Waals surface area contributed by atoms with Crippen LogP contribution in [0.1, 0.15) is 24.3 Å². The predicted molar refractivity (Wildman–Crippen MR) is 89.8 cm³/mol. The fourth-order valence-corrected chi connectivity index (χ4v) is 4.43. The van der Waals surface area contributed by atoms with Gasteiger partial charge in [0.1, 0.15) is 5.65 Å². The Labute approximate surface area is 134 Å². The van der Waals surface area contributed by atoms with Crippen molar-refractivity contribution in [3.05, 3.63) is 36.3 Å². The Bertz CT molecular complexity index is 980. The Morgan fingerprint density at radius 2 is 2.17 bits per heavy atom. The Kier molecular flexibility index (Phi) is 3.35. The molecule has 7 heteroatoms. The third kappa shape index (κ3) is 2.49. The molecule has 0 unspecified atom stereocenters. The first-order valence-electron chi connectivity index (χ1n) is 7.70. The number of fused-ring (bicyclic) bond motifs is 3. The molecule has 0 bridgehead atoms. The summed E-state index contributed by atoms with van der Waals surface area (Å²) in [4.78, 5) is 11.9. The van der Waals surface area contributed by atoms with E-state index in [1.807, 2.05) is 18.3 Å². The highest BCUT2D eigenvalue weighted by Gasteiger charge is 2.28. The molecule has 1 atom stereocenters. The molecular formula is C16H18N4O2S. The number of hydrogen-bond acceptors (Lipinski definition) is 4. The van der Waals surface area contributed by atoms with Gasteiger partial charge in [-0.2, -0.15) is 0 Å². The van der Waals surface area contributed by atoms with Crippen molar-refractivity contribution in [1.29, 1.82) is 0 Å². The average molecular weight is 330 g/mol. The summed E-state index contributed by atoms with van der Waals surface area (Å²) in [6.45, 7) is 1.14. The van der Waals surface area contributed by atoms with Gasteiger partial charge in [0.25, 0.3) is 0 Å². The Morgan fingerprint density at radius 3 is 3.00 bits per heavy atom. The molecule has 0 radical (unpaired) electrons. The molecule has 4 heterocycles. The van der Waals surface area contributed by atoms with E-state index in [-0.39, 0.29) is 5.92 Å². The fraction of sp³-hybridized carbons (Fsp3) is 0.375. The van der Waals surface area contributed by atoms with Gasteiger partial charge in [0.15, 0.2) is 0 Å². The molecule has 1 aliphatic heterocycles. The zero-order valence-electron chi connectivity index (χ0n) is 12.9. The second kappa shape index (κ2) is 5.28. The van der Waals surface area contributed by atoms with Crippen LogP contribution in [0.4, 0.5) is 0 Å². The number of pyridine rings is 2. The molecule has 120 valence electrons. The van der Waals surface area contributed by atoms with Crippen LogP contribution in [0.15, 0.2) is 30.7 Å². The average Bonchev–Trinajstić information content (AvgIpc) is 3.02. The van der Waals surface area contributed by atoms with Crippen LogP contribution in [0.2, 0.25) is 0 Å². The lowest BCUT2D eigenvalue weighted by Gasteiger charge is -2.31. The summed E-state index contributed by atoms with van der Waals surface area (Å²) < 4.78 is 25.4. The van der Waals surface area contributed by atoms with Crippen molar-refractivity contribution in [3.63, 3.8) is 0 Å². The molecule has 23 heavy (non-hydrogen) atoms. The van der Waals surface area contributed by atoms with E-state index in [1.54, 1.807) is 16.7 Å². The van der Waals surface area contributed by atoms with Crippen molar-refractivity contribution < 1.29 is 8.42 Å². The molecule has 6 nitrogen and oxygen atoms in total. The normalized spacial score (nSPS) is 20.3. The van der Waals surface area contributed by atoms with Gasteiger partial charge in [-0.15, -0.1) is 0 Å². The van der Waals surface area contributed by atoms with Crippen molar-refractivity contribution in [2.24, 2.45) is 0 Å². The first-order chi connectivity index (χ1) is 11.0. The SMILES string of the molecule is CS(=O)(=O)N1CCC[C@H](c2ccnc3cnc4[nH]ccc4c23)C1. The maximum Gasteiger partial charge on any atom is 0.211 e. The minimum absolute atomic E-state index is 0.185. The number of nitrogens with zero attached hydrogens (tertiary/aromatic N) is 3. The number of rotatable bonds is 2. The summed E-state index contributed by atoms with van der Waals surface area (Å²) in [6, 6.07) is 4.03. The molecule has 3 aromatic rings. The number of piperidine rings is 1. The lowest BCUT2D eigenvalue weighted by Crippen LogP contribution is -2.38. The third-order valence-electron chi connectivity index (χ3n) is 4.62. The largest absolute Gasteiger partial charge is 0.346 e. The van der Waals surface area contributed by atoms with E-state index in [0.717, 1.165) is 40.3 Å². The van der Waals surface area contributed by atoms with E-state index in [4.69, 9.17) is 0 Å². The van der Waals surface area contributed by atoms with Gasteiger partial charge in [-0.05, 0) is 36.5 Å². The molecule has 1 N–H and O–H groups in total. The highest BCUT2D eigenvalue weighted by atomic mass is 32.2. The van der Waals surface area contributed by atoms with Gasteiger partial charge >= 0.3 is 0 Å². The van der Waals surface area contributed by atoms with E-state index < -0.39 is 10.0 Å². The Morgan fingerprint density at radius 1 is 1.30 bits per heavy atom. The number of hydrogen-bond donors (Lipinski definition) is 1. The van der Waals surface area contributed by atoms with E-state index in [0.29, 0.717) is 13.1 Å².